The Morgan fingerprint density at radius 2 is 1.93 bits per heavy atom. The van der Waals surface area contributed by atoms with Gasteiger partial charge in [0.25, 0.3) is 0 Å². The van der Waals surface area contributed by atoms with Crippen molar-refractivity contribution in [2.45, 2.75) is 6.61 Å². The normalized spacial score (nSPS) is 10.3. The molecule has 3 heteroatoms. The van der Waals surface area contributed by atoms with Crippen LogP contribution in [0.15, 0.2) is 47.1 Å². The minimum absolute atomic E-state index is 0.00447. The van der Waals surface area contributed by atoms with Gasteiger partial charge in [0.05, 0.1) is 12.3 Å². The number of hydrogen-bond acceptors (Lipinski definition) is 2. The smallest absolute Gasteiger partial charge is 0.0768 e. The summed E-state index contributed by atoms with van der Waals surface area (Å²) in [6.45, 7) is 0.00447. The maximum atomic E-state index is 9.22. The van der Waals surface area contributed by atoms with Crippen molar-refractivity contribution in [3.8, 4) is 11.3 Å². The number of aromatic nitrogens is 1. The zero-order chi connectivity index (χ0) is 10.7. The molecule has 0 spiro atoms. The number of pyridine rings is 1. The molecule has 2 rings (SSSR count). The van der Waals surface area contributed by atoms with Gasteiger partial charge in [-0.2, -0.15) is 0 Å². The molecule has 1 N–H and O–H groups in total. The minimum Gasteiger partial charge on any atom is -0.392 e. The lowest BCUT2D eigenvalue weighted by Gasteiger charge is -2.07. The fraction of sp³-hybridized carbons (Fsp3) is 0.0833. The quantitative estimate of drug-likeness (QED) is 0.904. The Labute approximate surface area is 96.7 Å². The average Bonchev–Trinajstić information content (AvgIpc) is 2.30. The first-order chi connectivity index (χ1) is 7.33. The summed E-state index contributed by atoms with van der Waals surface area (Å²) in [6.07, 6.45) is 1.73. The van der Waals surface area contributed by atoms with Gasteiger partial charge in [-0.1, -0.05) is 40.2 Å². The molecule has 0 atom stereocenters. The molecule has 0 aliphatic heterocycles. The van der Waals surface area contributed by atoms with Gasteiger partial charge in [-0.05, 0) is 12.1 Å². The maximum absolute atomic E-state index is 9.22. The summed E-state index contributed by atoms with van der Waals surface area (Å²) in [5.41, 5.74) is 2.67. The predicted octanol–water partition coefficient (Wildman–Crippen LogP) is 3.00. The van der Waals surface area contributed by atoms with Crippen LogP contribution in [-0.2, 0) is 6.61 Å². The van der Waals surface area contributed by atoms with Crippen molar-refractivity contribution in [3.63, 3.8) is 0 Å². The number of benzene rings is 1. The molecule has 1 aromatic carbocycles. The monoisotopic (exact) mass is 263 g/mol. The van der Waals surface area contributed by atoms with Crippen LogP contribution in [0.2, 0.25) is 0 Å². The molecule has 0 aliphatic carbocycles. The Morgan fingerprint density at radius 1 is 1.13 bits per heavy atom. The molecule has 0 fully saturated rings. The Hall–Kier alpha value is -1.19. The largest absolute Gasteiger partial charge is 0.392 e. The Morgan fingerprint density at radius 3 is 2.67 bits per heavy atom. The zero-order valence-corrected chi connectivity index (χ0v) is 9.61. The van der Waals surface area contributed by atoms with Crippen LogP contribution in [0.25, 0.3) is 11.3 Å². The third kappa shape index (κ3) is 2.08. The summed E-state index contributed by atoms with van der Waals surface area (Å²) in [5.74, 6) is 0. The van der Waals surface area contributed by atoms with Crippen molar-refractivity contribution in [2.75, 3.05) is 0 Å². The molecule has 15 heavy (non-hydrogen) atoms. The molecule has 0 radical (unpaired) electrons. The van der Waals surface area contributed by atoms with Gasteiger partial charge in [-0.25, -0.2) is 0 Å². The number of hydrogen-bond donors (Lipinski definition) is 1. The summed E-state index contributed by atoms with van der Waals surface area (Å²) in [6, 6.07) is 11.6. The van der Waals surface area contributed by atoms with Crippen molar-refractivity contribution in [2.24, 2.45) is 0 Å². The number of aliphatic hydroxyl groups excluding tert-OH is 1. The number of aliphatic hydroxyl groups is 1. The third-order valence-electron chi connectivity index (χ3n) is 2.19. The van der Waals surface area contributed by atoms with Crippen molar-refractivity contribution in [1.82, 2.24) is 4.98 Å². The number of nitrogens with zero attached hydrogens (tertiary/aromatic N) is 1. The lowest BCUT2D eigenvalue weighted by Crippen LogP contribution is -1.92. The second-order valence-electron chi connectivity index (χ2n) is 3.15. The van der Waals surface area contributed by atoms with Gasteiger partial charge in [0.2, 0.25) is 0 Å². The summed E-state index contributed by atoms with van der Waals surface area (Å²) in [4.78, 5) is 4.29. The second-order valence-corrected chi connectivity index (χ2v) is 4.00. The first kappa shape index (κ1) is 10.3. The molecule has 0 unspecified atom stereocenters. The molecule has 0 bridgehead atoms. The SMILES string of the molecule is OCc1cccnc1-c1ccccc1Br. The fourth-order valence-electron chi connectivity index (χ4n) is 1.46. The molecule has 0 saturated carbocycles. The van der Waals surface area contributed by atoms with E-state index in [9.17, 15) is 5.11 Å². The van der Waals surface area contributed by atoms with E-state index in [-0.39, 0.29) is 6.61 Å². The van der Waals surface area contributed by atoms with Crippen LogP contribution in [0, 0.1) is 0 Å². The molecular formula is C12H10BrNO. The summed E-state index contributed by atoms with van der Waals surface area (Å²) in [5, 5.41) is 9.22. The average molecular weight is 264 g/mol. The maximum Gasteiger partial charge on any atom is 0.0768 e. The van der Waals surface area contributed by atoms with Crippen LogP contribution in [0.5, 0.6) is 0 Å². The molecular weight excluding hydrogens is 254 g/mol. The van der Waals surface area contributed by atoms with Crippen molar-refractivity contribution in [1.29, 1.82) is 0 Å². The molecule has 76 valence electrons. The van der Waals surface area contributed by atoms with Gasteiger partial charge >= 0.3 is 0 Å². The van der Waals surface area contributed by atoms with Crippen LogP contribution in [-0.4, -0.2) is 10.1 Å². The van der Waals surface area contributed by atoms with E-state index in [1.165, 1.54) is 0 Å². The summed E-state index contributed by atoms with van der Waals surface area (Å²) >= 11 is 3.47. The van der Waals surface area contributed by atoms with E-state index in [1.54, 1.807) is 6.20 Å². The lowest BCUT2D eigenvalue weighted by molar-refractivity contribution is 0.282. The first-order valence-electron chi connectivity index (χ1n) is 4.62. The molecule has 2 aromatic rings. The number of halogens is 1. The Bertz CT molecular complexity index is 471. The highest BCUT2D eigenvalue weighted by Crippen LogP contribution is 2.28. The van der Waals surface area contributed by atoms with E-state index in [4.69, 9.17) is 0 Å². The third-order valence-corrected chi connectivity index (χ3v) is 2.88. The highest BCUT2D eigenvalue weighted by molar-refractivity contribution is 9.10. The summed E-state index contributed by atoms with van der Waals surface area (Å²) in [7, 11) is 0. The topological polar surface area (TPSA) is 33.1 Å². The van der Waals surface area contributed by atoms with Gasteiger partial charge in [-0.3, -0.25) is 4.98 Å². The molecule has 0 saturated heterocycles. The van der Waals surface area contributed by atoms with Gasteiger partial charge < -0.3 is 5.11 Å². The van der Waals surface area contributed by atoms with E-state index >= 15 is 0 Å². The van der Waals surface area contributed by atoms with E-state index in [0.717, 1.165) is 21.3 Å². The minimum atomic E-state index is 0.00447. The van der Waals surface area contributed by atoms with E-state index in [1.807, 2.05) is 36.4 Å². The second kappa shape index (κ2) is 4.55. The standard InChI is InChI=1S/C12H10BrNO/c13-11-6-2-1-5-10(11)12-9(8-15)4-3-7-14-12/h1-7,15H,8H2. The van der Waals surface area contributed by atoms with Crippen molar-refractivity contribution in [3.05, 3.63) is 52.6 Å². The van der Waals surface area contributed by atoms with Crippen LogP contribution in [0.4, 0.5) is 0 Å². The summed E-state index contributed by atoms with van der Waals surface area (Å²) < 4.78 is 0.985. The molecule has 1 aromatic heterocycles. The first-order valence-corrected chi connectivity index (χ1v) is 5.42. The van der Waals surface area contributed by atoms with Crippen LogP contribution in [0.1, 0.15) is 5.56 Å². The van der Waals surface area contributed by atoms with Gasteiger partial charge in [0.15, 0.2) is 0 Å². The van der Waals surface area contributed by atoms with Gasteiger partial charge in [0.1, 0.15) is 0 Å². The highest BCUT2D eigenvalue weighted by atomic mass is 79.9. The van der Waals surface area contributed by atoms with Crippen LogP contribution in [0.3, 0.4) is 0 Å². The van der Waals surface area contributed by atoms with Crippen LogP contribution >= 0.6 is 15.9 Å². The predicted molar refractivity (Wildman–Crippen MR) is 63.3 cm³/mol. The van der Waals surface area contributed by atoms with E-state index in [0.29, 0.717) is 0 Å². The molecule has 0 aliphatic rings. The van der Waals surface area contributed by atoms with Crippen molar-refractivity contribution >= 4 is 15.9 Å². The van der Waals surface area contributed by atoms with Gasteiger partial charge in [0, 0.05) is 21.8 Å². The fourth-order valence-corrected chi connectivity index (χ4v) is 1.93. The molecule has 0 amide bonds. The lowest BCUT2D eigenvalue weighted by atomic mass is 10.1. The molecule has 2 nitrogen and oxygen atoms in total. The van der Waals surface area contributed by atoms with Crippen molar-refractivity contribution < 1.29 is 5.11 Å². The highest BCUT2D eigenvalue weighted by Gasteiger charge is 2.07. The van der Waals surface area contributed by atoms with E-state index < -0.39 is 0 Å². The van der Waals surface area contributed by atoms with Crippen LogP contribution < -0.4 is 0 Å². The van der Waals surface area contributed by atoms with Gasteiger partial charge in [-0.15, -0.1) is 0 Å². The number of rotatable bonds is 2. The molecule has 1 heterocycles. The van der Waals surface area contributed by atoms with E-state index in [2.05, 4.69) is 20.9 Å². The Balaban J connectivity index is 2.59. The Kier molecular flexibility index (Phi) is 3.14. The zero-order valence-electron chi connectivity index (χ0n) is 8.02.